The van der Waals surface area contributed by atoms with Crippen LogP contribution < -0.4 is 0 Å². The van der Waals surface area contributed by atoms with Crippen molar-refractivity contribution in [2.24, 2.45) is 5.92 Å². The number of imidazole rings is 1. The number of hydrogen-bond acceptors (Lipinski definition) is 3. The van der Waals surface area contributed by atoms with Crippen molar-refractivity contribution in [1.82, 2.24) is 9.38 Å². The van der Waals surface area contributed by atoms with Gasteiger partial charge in [0.25, 0.3) is 0 Å². The Morgan fingerprint density at radius 1 is 1.61 bits per heavy atom. The lowest BCUT2D eigenvalue weighted by Gasteiger charge is -2.36. The molecule has 3 rings (SSSR count). The molecule has 2 aromatic heterocycles. The Morgan fingerprint density at radius 2 is 2.50 bits per heavy atom. The van der Waals surface area contributed by atoms with Gasteiger partial charge in [-0.3, -0.25) is 4.40 Å². The van der Waals surface area contributed by atoms with Gasteiger partial charge in [0.05, 0.1) is 11.3 Å². The maximum absolute atomic E-state index is 10.7. The highest BCUT2D eigenvalue weighted by molar-refractivity contribution is 7.15. The number of aromatic nitrogens is 2. The molecule has 2 heterocycles. The second kappa shape index (κ2) is 4.67. The third-order valence-corrected chi connectivity index (χ3v) is 4.92. The van der Waals surface area contributed by atoms with E-state index in [2.05, 4.69) is 18.1 Å². The number of aliphatic hydroxyl groups is 1. The van der Waals surface area contributed by atoms with Crippen LogP contribution in [0.3, 0.4) is 0 Å². The van der Waals surface area contributed by atoms with Crippen LogP contribution in [0.25, 0.3) is 4.96 Å². The van der Waals surface area contributed by atoms with Crippen LogP contribution >= 0.6 is 11.3 Å². The average molecular weight is 264 g/mol. The van der Waals surface area contributed by atoms with Crippen LogP contribution in [-0.4, -0.2) is 20.1 Å². The summed E-state index contributed by atoms with van der Waals surface area (Å²) in [5.74, 6) is 0.687. The fourth-order valence-corrected chi connectivity index (χ4v) is 3.89. The summed E-state index contributed by atoms with van der Waals surface area (Å²) in [6.07, 6.45) is 10.3. The quantitative estimate of drug-likeness (QED) is 0.924. The summed E-state index contributed by atoms with van der Waals surface area (Å²) in [5.41, 5.74) is 0.504. The van der Waals surface area contributed by atoms with Gasteiger partial charge in [0.2, 0.25) is 0 Å². The Morgan fingerprint density at radius 3 is 3.28 bits per heavy atom. The smallest absolute Gasteiger partial charge is 0.193 e. The molecule has 0 spiro atoms. The van der Waals surface area contributed by atoms with Crippen molar-refractivity contribution in [3.05, 3.63) is 23.5 Å². The van der Waals surface area contributed by atoms with Gasteiger partial charge in [0.1, 0.15) is 0 Å². The molecule has 2 unspecified atom stereocenters. The number of fused-ring (bicyclic) bond motifs is 1. The van der Waals surface area contributed by atoms with Gasteiger partial charge in [0, 0.05) is 24.2 Å². The molecule has 18 heavy (non-hydrogen) atoms. The van der Waals surface area contributed by atoms with E-state index in [9.17, 15) is 5.11 Å². The van der Waals surface area contributed by atoms with E-state index in [1.54, 1.807) is 11.3 Å². The zero-order valence-corrected chi connectivity index (χ0v) is 11.6. The molecule has 0 aromatic carbocycles. The third kappa shape index (κ3) is 2.31. The summed E-state index contributed by atoms with van der Waals surface area (Å²) < 4.78 is 2.05. The predicted octanol–water partition coefficient (Wildman–Crippen LogP) is 3.27. The van der Waals surface area contributed by atoms with Gasteiger partial charge in [-0.05, 0) is 18.8 Å². The first kappa shape index (κ1) is 12.2. The summed E-state index contributed by atoms with van der Waals surface area (Å²) >= 11 is 1.64. The highest BCUT2D eigenvalue weighted by Gasteiger charge is 2.34. The third-order valence-electron chi connectivity index (χ3n) is 4.15. The van der Waals surface area contributed by atoms with E-state index in [1.165, 1.54) is 12.8 Å². The van der Waals surface area contributed by atoms with E-state index in [-0.39, 0.29) is 0 Å². The van der Waals surface area contributed by atoms with Gasteiger partial charge in [-0.25, -0.2) is 4.98 Å². The van der Waals surface area contributed by atoms with Crippen molar-refractivity contribution >= 4 is 16.3 Å². The van der Waals surface area contributed by atoms with Crippen molar-refractivity contribution in [2.75, 3.05) is 0 Å². The zero-order chi connectivity index (χ0) is 12.6. The van der Waals surface area contributed by atoms with Crippen LogP contribution in [0, 0.1) is 5.92 Å². The summed E-state index contributed by atoms with van der Waals surface area (Å²) in [5, 5.41) is 12.8. The summed E-state index contributed by atoms with van der Waals surface area (Å²) in [7, 11) is 0. The standard InChI is InChI=1S/C14H20N2OS/c1-2-11-4-3-5-14(17,8-11)9-12-10-16-6-7-18-13(16)15-12/h6-7,10-11,17H,2-5,8-9H2,1H3. The van der Waals surface area contributed by atoms with E-state index in [4.69, 9.17) is 0 Å². The SMILES string of the molecule is CCC1CCCC(O)(Cc2cn3ccsc3n2)C1. The maximum Gasteiger partial charge on any atom is 0.193 e. The minimum Gasteiger partial charge on any atom is -0.389 e. The molecular formula is C14H20N2OS. The van der Waals surface area contributed by atoms with Gasteiger partial charge in [-0.15, -0.1) is 11.3 Å². The van der Waals surface area contributed by atoms with Crippen LogP contribution in [-0.2, 0) is 6.42 Å². The molecule has 1 N–H and O–H groups in total. The number of hydrogen-bond donors (Lipinski definition) is 1. The minimum absolute atomic E-state index is 0.525. The number of thiazole rings is 1. The Kier molecular flexibility index (Phi) is 3.16. The van der Waals surface area contributed by atoms with E-state index < -0.39 is 5.60 Å². The van der Waals surface area contributed by atoms with E-state index in [0.717, 1.165) is 29.9 Å². The largest absolute Gasteiger partial charge is 0.389 e. The predicted molar refractivity (Wildman–Crippen MR) is 74.0 cm³/mol. The Bertz CT molecular complexity index is 504. The van der Waals surface area contributed by atoms with Crippen LogP contribution in [0.15, 0.2) is 17.8 Å². The molecule has 0 radical (unpaired) electrons. The second-order valence-corrected chi connectivity index (χ2v) is 6.47. The first-order chi connectivity index (χ1) is 8.68. The lowest BCUT2D eigenvalue weighted by molar-refractivity contribution is -0.0168. The number of nitrogens with zero attached hydrogens (tertiary/aromatic N) is 2. The first-order valence-electron chi connectivity index (χ1n) is 6.82. The molecule has 2 aromatic rings. The topological polar surface area (TPSA) is 37.5 Å². The molecule has 0 bridgehead atoms. The summed E-state index contributed by atoms with van der Waals surface area (Å²) in [6.45, 7) is 2.23. The highest BCUT2D eigenvalue weighted by atomic mass is 32.1. The molecule has 1 aliphatic rings. The molecule has 4 heteroatoms. The first-order valence-corrected chi connectivity index (χ1v) is 7.70. The van der Waals surface area contributed by atoms with Crippen molar-refractivity contribution < 1.29 is 5.11 Å². The zero-order valence-electron chi connectivity index (χ0n) is 10.8. The molecule has 0 saturated heterocycles. The molecule has 0 amide bonds. The minimum atomic E-state index is -0.525. The second-order valence-electron chi connectivity index (χ2n) is 5.60. The van der Waals surface area contributed by atoms with Gasteiger partial charge in [-0.2, -0.15) is 0 Å². The van der Waals surface area contributed by atoms with Crippen molar-refractivity contribution in [1.29, 1.82) is 0 Å². The summed E-state index contributed by atoms with van der Waals surface area (Å²) in [4.78, 5) is 5.61. The van der Waals surface area contributed by atoms with Crippen LogP contribution in [0.1, 0.15) is 44.7 Å². The number of rotatable bonds is 3. The van der Waals surface area contributed by atoms with Crippen molar-refractivity contribution in [3.8, 4) is 0 Å². The fourth-order valence-electron chi connectivity index (χ4n) is 3.17. The van der Waals surface area contributed by atoms with E-state index >= 15 is 0 Å². The van der Waals surface area contributed by atoms with Gasteiger partial charge in [-0.1, -0.05) is 26.2 Å². The average Bonchev–Trinajstić information content (AvgIpc) is 2.89. The maximum atomic E-state index is 10.7. The molecule has 98 valence electrons. The van der Waals surface area contributed by atoms with Crippen LogP contribution in [0.5, 0.6) is 0 Å². The molecule has 1 saturated carbocycles. The normalized spacial score (nSPS) is 28.9. The monoisotopic (exact) mass is 264 g/mol. The van der Waals surface area contributed by atoms with Crippen molar-refractivity contribution in [2.45, 2.75) is 51.0 Å². The van der Waals surface area contributed by atoms with Crippen LogP contribution in [0.2, 0.25) is 0 Å². The summed E-state index contributed by atoms with van der Waals surface area (Å²) in [6, 6.07) is 0. The molecular weight excluding hydrogens is 244 g/mol. The lowest BCUT2D eigenvalue weighted by atomic mass is 9.75. The Labute approximate surface area is 111 Å². The van der Waals surface area contributed by atoms with Crippen molar-refractivity contribution in [3.63, 3.8) is 0 Å². The van der Waals surface area contributed by atoms with Gasteiger partial charge >= 0.3 is 0 Å². The fraction of sp³-hybridized carbons (Fsp3) is 0.643. The molecule has 0 aliphatic heterocycles. The van der Waals surface area contributed by atoms with Gasteiger partial charge < -0.3 is 5.11 Å². The Balaban J connectivity index is 1.76. The lowest BCUT2D eigenvalue weighted by Crippen LogP contribution is -2.37. The molecule has 2 atom stereocenters. The van der Waals surface area contributed by atoms with E-state index in [0.29, 0.717) is 12.3 Å². The Hall–Kier alpha value is -0.870. The molecule has 1 aliphatic carbocycles. The van der Waals surface area contributed by atoms with Gasteiger partial charge in [0.15, 0.2) is 4.96 Å². The molecule has 3 nitrogen and oxygen atoms in total. The van der Waals surface area contributed by atoms with E-state index in [1.807, 2.05) is 16.0 Å². The van der Waals surface area contributed by atoms with Crippen LogP contribution in [0.4, 0.5) is 0 Å². The molecule has 1 fully saturated rings. The highest BCUT2D eigenvalue weighted by Crippen LogP contribution is 2.36.